The van der Waals surface area contributed by atoms with Gasteiger partial charge in [-0.25, -0.2) is 9.55 Å². The number of H-pyrrole nitrogens is 1. The predicted molar refractivity (Wildman–Crippen MR) is 277 cm³/mol. The number of phosphoric ester groups is 1. The normalized spacial score (nSPS) is 16.9. The van der Waals surface area contributed by atoms with Gasteiger partial charge in [0.2, 0.25) is 29.5 Å². The zero-order valence-corrected chi connectivity index (χ0v) is 44.8. The third-order valence-electron chi connectivity index (χ3n) is 12.5. The number of Topliss-reactive ketones (excluding diaryl/α,β-unsaturated/α-hetero) is 2. The minimum absolute atomic E-state index is 0.0218. The smallest absolute Gasteiger partial charge is 0.379 e. The maximum Gasteiger partial charge on any atom is 0.472 e. The van der Waals surface area contributed by atoms with Crippen molar-refractivity contribution in [1.82, 2.24) is 30.8 Å². The Bertz CT molecular complexity index is 2050. The summed E-state index contributed by atoms with van der Waals surface area (Å²) in [5, 5.41) is 8.16. The molecule has 1 aromatic carbocycles. The summed E-state index contributed by atoms with van der Waals surface area (Å²) in [6, 6.07) is 6.59. The lowest BCUT2D eigenvalue weighted by Gasteiger charge is -2.28. The van der Waals surface area contributed by atoms with Crippen LogP contribution in [0.25, 0.3) is 0 Å². The van der Waals surface area contributed by atoms with Crippen LogP contribution in [0.15, 0.2) is 42.9 Å². The number of carbonyl (C=O) groups excluding carboxylic acids is 7. The second-order valence-corrected chi connectivity index (χ2v) is 20.8. The number of primary amides is 1. The van der Waals surface area contributed by atoms with E-state index in [4.69, 9.17) is 30.0 Å². The first-order valence-corrected chi connectivity index (χ1v) is 27.7. The number of thiol groups is 1. The highest BCUT2D eigenvalue weighted by atomic mass is 32.1. The number of ether oxygens (including phenoxy) is 2. The number of nitrogens with zero attached hydrogens (tertiary/aromatic N) is 2. The molecule has 1 saturated heterocycles. The van der Waals surface area contributed by atoms with Crippen molar-refractivity contribution < 1.29 is 61.5 Å². The molecule has 1 fully saturated rings. The molecule has 2 aromatic rings. The fraction of sp³-hybridized carbons (Fsp3) is 0.680. The van der Waals surface area contributed by atoms with Crippen molar-refractivity contribution >= 4 is 61.6 Å². The number of amides is 5. The number of nitrogens with one attached hydrogen (secondary N) is 4. The quantitative estimate of drug-likeness (QED) is 0.0270. The number of aryl methyl sites for hydroxylation is 1. The van der Waals surface area contributed by atoms with Gasteiger partial charge in [-0.2, -0.15) is 12.6 Å². The number of ketones is 2. The fourth-order valence-corrected chi connectivity index (χ4v) is 9.47. The largest absolute Gasteiger partial charge is 0.472 e. The Kier molecular flexibility index (Phi) is 29.3. The molecule has 2 heterocycles. The SMILES string of the molecule is CC(C)C[C@H](NC(=O)[C@@H]1CCCN1C(=O)CCOCCOCCNC(=O)[C@@H](N)CS)C(=O)C[C@@H](Cc1cnc[nH]1)C(=O)N[C@@H](C)C(=O)C[C@H](C(N)=O)[C@@H](C)OP(=O)(O)OCCCCCCCCc1ccccc1. The molecule has 23 heteroatoms. The first-order valence-electron chi connectivity index (χ1n) is 25.5. The number of aromatic nitrogens is 2. The molecular weight excluding hydrogens is 984 g/mol. The van der Waals surface area contributed by atoms with Crippen molar-refractivity contribution in [3.63, 3.8) is 0 Å². The summed E-state index contributed by atoms with van der Waals surface area (Å²) < 4.78 is 34.3. The van der Waals surface area contributed by atoms with E-state index in [9.17, 15) is 43.0 Å². The van der Waals surface area contributed by atoms with Gasteiger partial charge in [0.15, 0.2) is 11.6 Å². The Labute approximate surface area is 435 Å². The average molecular weight is 1070 g/mol. The standard InChI is InChI=1S/C50H81N8O13PS/c1-34(2)27-42(57-50(65)43-18-14-21-58(43)46(61)19-23-68-25-26-69-24-20-54-49(64)41(51)32-73)45(60)29-38(28-39-31-53-33-55-39)48(63)56-35(3)44(59)30-40(47(52)62)36(4)71-72(66,67)70-22-13-8-6-5-7-10-15-37-16-11-9-12-17-37/h9,11-12,16-17,31,33-36,38,40-43,73H,5-8,10,13-15,18-30,32,51H2,1-4H3,(H2,52,62)(H,53,55)(H,54,64)(H,56,63)(H,57,65)(H,66,67)/t35-,36+,38+,40-,41-,42-,43-/m0/s1. The van der Waals surface area contributed by atoms with Crippen molar-refractivity contribution in [2.45, 2.75) is 148 Å². The van der Waals surface area contributed by atoms with Crippen LogP contribution in [0.3, 0.4) is 0 Å². The lowest BCUT2D eigenvalue weighted by molar-refractivity contribution is -0.140. The third-order valence-corrected chi connectivity index (χ3v) is 14.0. The summed E-state index contributed by atoms with van der Waals surface area (Å²) in [4.78, 5) is 112. The van der Waals surface area contributed by atoms with Gasteiger partial charge in [0, 0.05) is 50.0 Å². The van der Waals surface area contributed by atoms with E-state index in [2.05, 4.69) is 50.7 Å². The highest BCUT2D eigenvalue weighted by Gasteiger charge is 2.38. The number of rotatable bonds is 39. The Morgan fingerprint density at radius 1 is 0.890 bits per heavy atom. The fourth-order valence-electron chi connectivity index (χ4n) is 8.32. The van der Waals surface area contributed by atoms with E-state index >= 15 is 0 Å². The zero-order valence-electron chi connectivity index (χ0n) is 43.0. The van der Waals surface area contributed by atoms with E-state index in [1.54, 1.807) is 0 Å². The minimum Gasteiger partial charge on any atom is -0.379 e. The van der Waals surface area contributed by atoms with Crippen molar-refractivity contribution in [3.8, 4) is 0 Å². The second-order valence-electron chi connectivity index (χ2n) is 19.0. The van der Waals surface area contributed by atoms with E-state index in [0.717, 1.165) is 38.5 Å². The monoisotopic (exact) mass is 1060 g/mol. The van der Waals surface area contributed by atoms with Gasteiger partial charge in [-0.05, 0) is 63.9 Å². The summed E-state index contributed by atoms with van der Waals surface area (Å²) in [5.41, 5.74) is 13.1. The van der Waals surface area contributed by atoms with Crippen LogP contribution >= 0.6 is 20.5 Å². The van der Waals surface area contributed by atoms with Gasteiger partial charge < -0.3 is 51.7 Å². The van der Waals surface area contributed by atoms with E-state index in [-0.39, 0.29) is 88.7 Å². The number of benzene rings is 1. The zero-order chi connectivity index (χ0) is 53.8. The second kappa shape index (κ2) is 34.1. The maximum atomic E-state index is 14.1. The molecule has 1 aromatic heterocycles. The van der Waals surface area contributed by atoms with Gasteiger partial charge in [-0.15, -0.1) is 0 Å². The molecule has 410 valence electrons. The van der Waals surface area contributed by atoms with E-state index in [0.29, 0.717) is 31.5 Å². The number of nitrogens with two attached hydrogens (primary N) is 2. The molecule has 1 aliphatic rings. The summed E-state index contributed by atoms with van der Waals surface area (Å²) in [6.07, 6.45) is 8.48. The third kappa shape index (κ3) is 24.6. The molecule has 1 unspecified atom stereocenters. The molecule has 0 radical (unpaired) electrons. The van der Waals surface area contributed by atoms with E-state index < -0.39 is 85.6 Å². The lowest BCUT2D eigenvalue weighted by Crippen LogP contribution is -2.52. The number of unbranched alkanes of at least 4 members (excludes halogenated alkanes) is 5. The number of imidazole rings is 1. The highest BCUT2D eigenvalue weighted by Crippen LogP contribution is 2.46. The topological polar surface area (TPSA) is 314 Å². The number of phosphoric acid groups is 1. The van der Waals surface area contributed by atoms with E-state index in [1.165, 1.54) is 36.8 Å². The summed E-state index contributed by atoms with van der Waals surface area (Å²) in [5.74, 6) is -5.95. The van der Waals surface area contributed by atoms with Gasteiger partial charge in [0.05, 0.1) is 81.8 Å². The lowest BCUT2D eigenvalue weighted by atomic mass is 9.89. The van der Waals surface area contributed by atoms with Crippen LogP contribution in [-0.4, -0.2) is 143 Å². The molecule has 5 amide bonds. The summed E-state index contributed by atoms with van der Waals surface area (Å²) in [7, 11) is -4.63. The molecule has 21 nitrogen and oxygen atoms in total. The van der Waals surface area contributed by atoms with Gasteiger partial charge >= 0.3 is 7.82 Å². The molecule has 1 aliphatic heterocycles. The Morgan fingerprint density at radius 3 is 2.23 bits per heavy atom. The molecule has 3 rings (SSSR count). The minimum atomic E-state index is -4.63. The van der Waals surface area contributed by atoms with Gasteiger partial charge in [-0.3, -0.25) is 42.6 Å². The van der Waals surface area contributed by atoms with Crippen LogP contribution in [0.4, 0.5) is 0 Å². The number of aromatic amines is 1. The summed E-state index contributed by atoms with van der Waals surface area (Å²) in [6.45, 7) is 7.91. The van der Waals surface area contributed by atoms with Crippen LogP contribution in [0.1, 0.15) is 116 Å². The van der Waals surface area contributed by atoms with Gasteiger partial charge in [0.1, 0.15) is 6.04 Å². The molecule has 73 heavy (non-hydrogen) atoms. The maximum absolute atomic E-state index is 14.1. The van der Waals surface area contributed by atoms with Crippen LogP contribution in [0, 0.1) is 17.8 Å². The Hall–Kier alpha value is -4.54. The first-order chi connectivity index (χ1) is 34.8. The number of hydrogen-bond acceptors (Lipinski definition) is 15. The molecule has 0 aliphatic carbocycles. The predicted octanol–water partition coefficient (Wildman–Crippen LogP) is 3.52. The van der Waals surface area contributed by atoms with Gasteiger partial charge in [-0.1, -0.05) is 69.9 Å². The average Bonchev–Trinajstić information content (AvgIpc) is 4.07. The number of likely N-dealkylation sites (tertiary alicyclic amines) is 1. The Morgan fingerprint density at radius 2 is 1.58 bits per heavy atom. The van der Waals surface area contributed by atoms with Crippen LogP contribution in [-0.2, 0) is 69.5 Å². The highest BCUT2D eigenvalue weighted by molar-refractivity contribution is 7.80. The number of hydrogen-bond donors (Lipinski definition) is 8. The van der Waals surface area contributed by atoms with Crippen LogP contribution < -0.4 is 27.4 Å². The number of carbonyl (C=O) groups is 7. The molecule has 0 bridgehead atoms. The van der Waals surface area contributed by atoms with Crippen LogP contribution in [0.2, 0.25) is 0 Å². The van der Waals surface area contributed by atoms with E-state index in [1.807, 2.05) is 32.0 Å². The van der Waals surface area contributed by atoms with Crippen molar-refractivity contribution in [1.29, 1.82) is 0 Å². The molecule has 0 spiro atoms. The van der Waals surface area contributed by atoms with Crippen molar-refractivity contribution in [2.75, 3.05) is 51.9 Å². The molecule has 0 saturated carbocycles. The van der Waals surface area contributed by atoms with Crippen LogP contribution in [0.5, 0.6) is 0 Å². The van der Waals surface area contributed by atoms with Crippen molar-refractivity contribution in [3.05, 3.63) is 54.1 Å². The summed E-state index contributed by atoms with van der Waals surface area (Å²) >= 11 is 3.99. The Balaban J connectivity index is 1.50. The molecule has 8 atom stereocenters. The molecule has 9 N–H and O–H groups in total. The van der Waals surface area contributed by atoms with Crippen molar-refractivity contribution in [2.24, 2.45) is 29.2 Å². The first kappa shape index (κ1) is 62.8. The van der Waals surface area contributed by atoms with Gasteiger partial charge in [0.25, 0.3) is 0 Å². The molecular formula is C50H81N8O13PS.